The molecule has 0 amide bonds. The van der Waals surface area contributed by atoms with E-state index in [1.54, 1.807) is 11.8 Å². The molecule has 3 aromatic rings. The number of hydrogen-bond acceptors (Lipinski definition) is 4. The zero-order chi connectivity index (χ0) is 21.4. The fourth-order valence-electron chi connectivity index (χ4n) is 2.88. The summed E-state index contributed by atoms with van der Waals surface area (Å²) >= 11 is 1.57. The molecule has 0 unspecified atom stereocenters. The molecule has 0 aliphatic heterocycles. The number of hydrogen-bond donors (Lipinski definition) is 2. The van der Waals surface area contributed by atoms with Gasteiger partial charge in [-0.3, -0.25) is 0 Å². The van der Waals surface area contributed by atoms with E-state index in [1.165, 1.54) is 18.2 Å². The third-order valence-corrected chi connectivity index (χ3v) is 5.62. The van der Waals surface area contributed by atoms with Crippen LogP contribution in [0.25, 0.3) is 0 Å². The molecular formula is C23H22F3NO2S. The molecule has 3 aromatic carbocycles. The van der Waals surface area contributed by atoms with Crippen LogP contribution in [0.1, 0.15) is 16.7 Å². The molecule has 0 saturated heterocycles. The molecule has 0 saturated carbocycles. The summed E-state index contributed by atoms with van der Waals surface area (Å²) in [6, 6.07) is 20.8. The highest BCUT2D eigenvalue weighted by molar-refractivity contribution is 7.99. The molecule has 7 heteroatoms. The smallest absolute Gasteiger partial charge is 0.419 e. The summed E-state index contributed by atoms with van der Waals surface area (Å²) in [6.07, 6.45) is -4.44. The number of para-hydroxylation sites is 1. The molecule has 3 rings (SSSR count). The van der Waals surface area contributed by atoms with Crippen LogP contribution in [0.2, 0.25) is 0 Å². The topological polar surface area (TPSA) is 41.5 Å². The predicted molar refractivity (Wildman–Crippen MR) is 112 cm³/mol. The number of alkyl halides is 3. The van der Waals surface area contributed by atoms with Gasteiger partial charge in [0.15, 0.2) is 0 Å². The van der Waals surface area contributed by atoms with Crippen molar-refractivity contribution in [3.05, 3.63) is 89.5 Å². The van der Waals surface area contributed by atoms with Gasteiger partial charge in [-0.15, -0.1) is 0 Å². The Kier molecular flexibility index (Phi) is 7.79. The Bertz CT molecular complexity index is 963. The molecule has 30 heavy (non-hydrogen) atoms. The molecule has 0 atom stereocenters. The van der Waals surface area contributed by atoms with Crippen LogP contribution in [0.5, 0.6) is 5.75 Å². The van der Waals surface area contributed by atoms with Gasteiger partial charge >= 0.3 is 6.18 Å². The maximum absolute atomic E-state index is 13.0. The van der Waals surface area contributed by atoms with Gasteiger partial charge in [0.05, 0.1) is 12.2 Å². The Hall–Kier alpha value is -2.48. The molecule has 0 bridgehead atoms. The number of halogens is 3. The fourth-order valence-corrected chi connectivity index (χ4v) is 3.95. The van der Waals surface area contributed by atoms with Crippen LogP contribution in [0.3, 0.4) is 0 Å². The number of rotatable bonds is 9. The highest BCUT2D eigenvalue weighted by Gasteiger charge is 2.33. The molecule has 3 nitrogen and oxygen atoms in total. The van der Waals surface area contributed by atoms with Gasteiger partial charge in [-0.2, -0.15) is 13.2 Å². The molecule has 0 radical (unpaired) electrons. The van der Waals surface area contributed by atoms with Crippen molar-refractivity contribution in [2.45, 2.75) is 29.1 Å². The van der Waals surface area contributed by atoms with Crippen LogP contribution in [0, 0.1) is 0 Å². The van der Waals surface area contributed by atoms with E-state index in [-0.39, 0.29) is 19.0 Å². The summed E-state index contributed by atoms with van der Waals surface area (Å²) < 4.78 is 44.4. The molecule has 0 fully saturated rings. The molecule has 158 valence electrons. The van der Waals surface area contributed by atoms with Gasteiger partial charge in [-0.05, 0) is 35.4 Å². The van der Waals surface area contributed by atoms with Crippen molar-refractivity contribution in [2.24, 2.45) is 0 Å². The second-order valence-electron chi connectivity index (χ2n) is 6.49. The lowest BCUT2D eigenvalue weighted by molar-refractivity contribution is -0.138. The zero-order valence-electron chi connectivity index (χ0n) is 16.2. The highest BCUT2D eigenvalue weighted by Crippen LogP contribution is 2.36. The third-order valence-electron chi connectivity index (χ3n) is 4.38. The van der Waals surface area contributed by atoms with E-state index in [0.717, 1.165) is 27.0 Å². The second-order valence-corrected chi connectivity index (χ2v) is 7.58. The van der Waals surface area contributed by atoms with Crippen molar-refractivity contribution in [2.75, 3.05) is 13.2 Å². The van der Waals surface area contributed by atoms with E-state index in [4.69, 9.17) is 4.74 Å². The second kappa shape index (κ2) is 10.5. The number of aliphatic hydroxyl groups excluding tert-OH is 1. The number of benzene rings is 3. The fraction of sp³-hybridized carbons (Fsp3) is 0.217. The summed E-state index contributed by atoms with van der Waals surface area (Å²) in [4.78, 5) is 2.04. The average molecular weight is 433 g/mol. The SMILES string of the molecule is OCc1ccccc1Sc1ccccc1CNCCOc1ccccc1C(F)(F)F. The lowest BCUT2D eigenvalue weighted by Gasteiger charge is -2.14. The summed E-state index contributed by atoms with van der Waals surface area (Å²) in [6.45, 7) is 1.04. The summed E-state index contributed by atoms with van der Waals surface area (Å²) in [7, 11) is 0. The van der Waals surface area contributed by atoms with Gasteiger partial charge in [0.25, 0.3) is 0 Å². The van der Waals surface area contributed by atoms with Crippen molar-refractivity contribution in [1.82, 2.24) is 5.32 Å². The maximum atomic E-state index is 13.0. The number of ether oxygens (including phenoxy) is 1. The molecule has 0 aromatic heterocycles. The maximum Gasteiger partial charge on any atom is 0.419 e. The minimum atomic E-state index is -4.44. The Morgan fingerprint density at radius 1 is 0.833 bits per heavy atom. The lowest BCUT2D eigenvalue weighted by atomic mass is 10.2. The lowest BCUT2D eigenvalue weighted by Crippen LogP contribution is -2.21. The molecule has 0 spiro atoms. The van der Waals surface area contributed by atoms with Gasteiger partial charge in [-0.1, -0.05) is 60.3 Å². The zero-order valence-corrected chi connectivity index (χ0v) is 17.0. The van der Waals surface area contributed by atoms with E-state index in [9.17, 15) is 18.3 Å². The molecular weight excluding hydrogens is 411 g/mol. The molecule has 0 aliphatic carbocycles. The Balaban J connectivity index is 1.55. The van der Waals surface area contributed by atoms with Gasteiger partial charge < -0.3 is 15.2 Å². The van der Waals surface area contributed by atoms with Crippen molar-refractivity contribution in [3.63, 3.8) is 0 Å². The minimum Gasteiger partial charge on any atom is -0.492 e. The van der Waals surface area contributed by atoms with Crippen LogP contribution >= 0.6 is 11.8 Å². The van der Waals surface area contributed by atoms with Gasteiger partial charge in [-0.25, -0.2) is 0 Å². The highest BCUT2D eigenvalue weighted by atomic mass is 32.2. The van der Waals surface area contributed by atoms with Crippen molar-refractivity contribution in [1.29, 1.82) is 0 Å². The van der Waals surface area contributed by atoms with Crippen LogP contribution in [-0.4, -0.2) is 18.3 Å². The number of nitrogens with one attached hydrogen (secondary N) is 1. The van der Waals surface area contributed by atoms with Crippen molar-refractivity contribution in [3.8, 4) is 5.75 Å². The van der Waals surface area contributed by atoms with Gasteiger partial charge in [0.2, 0.25) is 0 Å². The molecule has 2 N–H and O–H groups in total. The first kappa shape index (κ1) is 22.2. The van der Waals surface area contributed by atoms with E-state index in [1.807, 2.05) is 48.5 Å². The largest absolute Gasteiger partial charge is 0.492 e. The Morgan fingerprint density at radius 2 is 1.43 bits per heavy atom. The first-order valence-corrected chi connectivity index (χ1v) is 10.2. The van der Waals surface area contributed by atoms with Crippen LogP contribution in [-0.2, 0) is 19.3 Å². The normalized spacial score (nSPS) is 11.5. The summed E-state index contributed by atoms with van der Waals surface area (Å²) in [5, 5.41) is 12.7. The summed E-state index contributed by atoms with van der Waals surface area (Å²) in [5.41, 5.74) is 1.15. The monoisotopic (exact) mass is 433 g/mol. The Labute approximate surface area is 177 Å². The van der Waals surface area contributed by atoms with E-state index >= 15 is 0 Å². The average Bonchev–Trinajstić information content (AvgIpc) is 2.74. The standard InChI is InChI=1S/C23H22F3NO2S/c24-23(25,26)19-9-3-4-10-20(19)29-14-13-27-15-17-7-1-5-11-21(17)30-22-12-6-2-8-18(22)16-28/h1-12,27-28H,13-16H2. The summed E-state index contributed by atoms with van der Waals surface area (Å²) in [5.74, 6) is -0.164. The van der Waals surface area contributed by atoms with E-state index in [2.05, 4.69) is 5.32 Å². The molecule has 0 heterocycles. The van der Waals surface area contributed by atoms with Crippen LogP contribution in [0.15, 0.2) is 82.6 Å². The van der Waals surface area contributed by atoms with Crippen LogP contribution in [0.4, 0.5) is 13.2 Å². The number of aliphatic hydroxyl groups is 1. The Morgan fingerprint density at radius 3 is 2.13 bits per heavy atom. The van der Waals surface area contributed by atoms with Gasteiger partial charge in [0, 0.05) is 22.9 Å². The van der Waals surface area contributed by atoms with Crippen molar-refractivity contribution >= 4 is 11.8 Å². The predicted octanol–water partition coefficient (Wildman–Crippen LogP) is 5.52. The third kappa shape index (κ3) is 6.01. The first-order valence-electron chi connectivity index (χ1n) is 9.43. The van der Waals surface area contributed by atoms with E-state index in [0.29, 0.717) is 13.1 Å². The van der Waals surface area contributed by atoms with Gasteiger partial charge in [0.1, 0.15) is 12.4 Å². The van der Waals surface area contributed by atoms with E-state index < -0.39 is 11.7 Å². The first-order chi connectivity index (χ1) is 14.5. The van der Waals surface area contributed by atoms with Crippen molar-refractivity contribution < 1.29 is 23.0 Å². The molecule has 0 aliphatic rings. The minimum absolute atomic E-state index is 0.0275. The van der Waals surface area contributed by atoms with Crippen LogP contribution < -0.4 is 10.1 Å². The quantitative estimate of drug-likeness (QED) is 0.436.